The van der Waals surface area contributed by atoms with Crippen LogP contribution in [-0.4, -0.2) is 62.3 Å². The van der Waals surface area contributed by atoms with Crippen molar-refractivity contribution in [3.8, 4) is 0 Å². The summed E-state index contributed by atoms with van der Waals surface area (Å²) in [5.74, 6) is 0.400. The first-order valence-electron chi connectivity index (χ1n) is 7.06. The Kier molecular flexibility index (Phi) is 3.54. The van der Waals surface area contributed by atoms with E-state index in [9.17, 15) is 4.79 Å². The molecule has 3 heterocycles. The summed E-state index contributed by atoms with van der Waals surface area (Å²) in [6.45, 7) is 3.32. The maximum absolute atomic E-state index is 12.1. The summed E-state index contributed by atoms with van der Waals surface area (Å²) in [5.41, 5.74) is 0. The summed E-state index contributed by atoms with van der Waals surface area (Å²) in [7, 11) is 2.09. The first-order valence-corrected chi connectivity index (χ1v) is 7.06. The average molecular weight is 253 g/mol. The lowest BCUT2D eigenvalue weighted by Gasteiger charge is -2.30. The monoisotopic (exact) mass is 253 g/mol. The number of hydrogen-bond acceptors (Lipinski definition) is 4. The number of fused-ring (bicyclic) bond motifs is 2. The van der Waals surface area contributed by atoms with Gasteiger partial charge in [0, 0.05) is 31.7 Å². The molecule has 2 bridgehead atoms. The van der Waals surface area contributed by atoms with Gasteiger partial charge in [0.2, 0.25) is 5.91 Å². The molecule has 18 heavy (non-hydrogen) atoms. The zero-order chi connectivity index (χ0) is 12.5. The number of ether oxygens (including phenoxy) is 1. The van der Waals surface area contributed by atoms with E-state index in [1.54, 1.807) is 0 Å². The molecular weight excluding hydrogens is 230 g/mol. The third-order valence-corrected chi connectivity index (χ3v) is 4.48. The number of nitrogens with zero attached hydrogens (tertiary/aromatic N) is 1. The van der Waals surface area contributed by atoms with E-state index in [4.69, 9.17) is 4.74 Å². The van der Waals surface area contributed by atoms with E-state index in [-0.39, 0.29) is 17.9 Å². The highest BCUT2D eigenvalue weighted by Gasteiger charge is 2.42. The summed E-state index contributed by atoms with van der Waals surface area (Å²) >= 11 is 0. The number of morpholine rings is 1. The van der Waals surface area contributed by atoms with E-state index in [1.807, 2.05) is 0 Å². The second kappa shape index (κ2) is 5.15. The molecule has 5 nitrogen and oxygen atoms in total. The van der Waals surface area contributed by atoms with E-state index in [0.717, 1.165) is 32.5 Å². The standard InChI is InChI=1S/C13H23N3O2/c1-16-4-5-18-10(8-16)7-14-13(17)11-6-9-2-3-12(11)15-9/h9-12,15H,2-8H2,1H3,(H,14,17). The molecule has 4 unspecified atom stereocenters. The Bertz CT molecular complexity index is 323. The number of rotatable bonds is 3. The van der Waals surface area contributed by atoms with Crippen LogP contribution in [0.5, 0.6) is 0 Å². The maximum atomic E-state index is 12.1. The van der Waals surface area contributed by atoms with Crippen LogP contribution >= 0.6 is 0 Å². The van der Waals surface area contributed by atoms with Gasteiger partial charge in [0.25, 0.3) is 0 Å². The van der Waals surface area contributed by atoms with Crippen molar-refractivity contribution in [1.82, 2.24) is 15.5 Å². The minimum atomic E-state index is 0.152. The van der Waals surface area contributed by atoms with Crippen LogP contribution in [0, 0.1) is 5.92 Å². The van der Waals surface area contributed by atoms with Gasteiger partial charge in [-0.15, -0.1) is 0 Å². The van der Waals surface area contributed by atoms with E-state index in [1.165, 1.54) is 6.42 Å². The normalized spacial score (nSPS) is 40.1. The summed E-state index contributed by atoms with van der Waals surface area (Å²) in [5, 5.41) is 6.57. The number of likely N-dealkylation sites (N-methyl/N-ethyl adjacent to an activating group) is 1. The Labute approximate surface area is 108 Å². The van der Waals surface area contributed by atoms with Gasteiger partial charge in [-0.05, 0) is 26.3 Å². The van der Waals surface area contributed by atoms with Crippen molar-refractivity contribution in [3.63, 3.8) is 0 Å². The molecule has 3 aliphatic rings. The Morgan fingerprint density at radius 1 is 1.50 bits per heavy atom. The third-order valence-electron chi connectivity index (χ3n) is 4.48. The SMILES string of the molecule is CN1CCOC(CNC(=O)C2CC3CCC2N3)C1. The van der Waals surface area contributed by atoms with Crippen molar-refractivity contribution in [2.45, 2.75) is 37.5 Å². The van der Waals surface area contributed by atoms with Gasteiger partial charge in [0.1, 0.15) is 0 Å². The summed E-state index contributed by atoms with van der Waals surface area (Å²) in [6.07, 6.45) is 3.57. The molecule has 0 aromatic heterocycles. The van der Waals surface area contributed by atoms with Gasteiger partial charge in [-0.3, -0.25) is 4.79 Å². The number of nitrogens with one attached hydrogen (secondary N) is 2. The van der Waals surface area contributed by atoms with E-state index in [2.05, 4.69) is 22.6 Å². The fourth-order valence-electron chi connectivity index (χ4n) is 3.45. The Balaban J connectivity index is 1.44. The summed E-state index contributed by atoms with van der Waals surface area (Å²) in [6, 6.07) is 1.01. The lowest BCUT2D eigenvalue weighted by Crippen LogP contribution is -2.47. The molecule has 1 amide bonds. The minimum absolute atomic E-state index is 0.152. The van der Waals surface area contributed by atoms with Crippen LogP contribution in [0.3, 0.4) is 0 Å². The second-order valence-electron chi connectivity index (χ2n) is 5.89. The van der Waals surface area contributed by atoms with Crippen LogP contribution in [0.4, 0.5) is 0 Å². The first kappa shape index (κ1) is 12.4. The second-order valence-corrected chi connectivity index (χ2v) is 5.89. The van der Waals surface area contributed by atoms with Crippen LogP contribution < -0.4 is 10.6 Å². The zero-order valence-corrected chi connectivity index (χ0v) is 11.0. The van der Waals surface area contributed by atoms with Gasteiger partial charge in [-0.25, -0.2) is 0 Å². The quantitative estimate of drug-likeness (QED) is 0.717. The lowest BCUT2D eigenvalue weighted by molar-refractivity contribution is -0.126. The van der Waals surface area contributed by atoms with Crippen molar-refractivity contribution in [2.75, 3.05) is 33.3 Å². The molecule has 0 saturated carbocycles. The van der Waals surface area contributed by atoms with Crippen LogP contribution in [-0.2, 0) is 9.53 Å². The predicted octanol–water partition coefficient (Wildman–Crippen LogP) is -0.426. The molecule has 4 atom stereocenters. The molecule has 0 aromatic carbocycles. The fourth-order valence-corrected chi connectivity index (χ4v) is 3.45. The van der Waals surface area contributed by atoms with Crippen molar-refractivity contribution in [2.24, 2.45) is 5.92 Å². The van der Waals surface area contributed by atoms with Crippen molar-refractivity contribution < 1.29 is 9.53 Å². The molecule has 0 aromatic rings. The molecule has 0 spiro atoms. The number of carbonyl (C=O) groups excluding carboxylic acids is 1. The fraction of sp³-hybridized carbons (Fsp3) is 0.923. The van der Waals surface area contributed by atoms with Crippen LogP contribution in [0.2, 0.25) is 0 Å². The molecule has 3 aliphatic heterocycles. The highest BCUT2D eigenvalue weighted by atomic mass is 16.5. The molecule has 0 radical (unpaired) electrons. The Morgan fingerprint density at radius 3 is 3.06 bits per heavy atom. The smallest absolute Gasteiger partial charge is 0.224 e. The number of amides is 1. The van der Waals surface area contributed by atoms with Crippen molar-refractivity contribution >= 4 is 5.91 Å². The molecular formula is C13H23N3O2. The molecule has 0 aliphatic carbocycles. The predicted molar refractivity (Wildman–Crippen MR) is 68.3 cm³/mol. The molecule has 102 valence electrons. The Morgan fingerprint density at radius 2 is 2.39 bits per heavy atom. The van der Waals surface area contributed by atoms with Crippen molar-refractivity contribution in [1.29, 1.82) is 0 Å². The molecule has 3 rings (SSSR count). The van der Waals surface area contributed by atoms with Gasteiger partial charge >= 0.3 is 0 Å². The molecule has 5 heteroatoms. The summed E-state index contributed by atoms with van der Waals surface area (Å²) < 4.78 is 5.65. The van der Waals surface area contributed by atoms with E-state index >= 15 is 0 Å². The van der Waals surface area contributed by atoms with Gasteiger partial charge in [0.15, 0.2) is 0 Å². The highest BCUT2D eigenvalue weighted by Crippen LogP contribution is 2.33. The molecule has 3 saturated heterocycles. The van der Waals surface area contributed by atoms with Crippen molar-refractivity contribution in [3.05, 3.63) is 0 Å². The minimum Gasteiger partial charge on any atom is -0.374 e. The third kappa shape index (κ3) is 2.53. The summed E-state index contributed by atoms with van der Waals surface area (Å²) in [4.78, 5) is 14.4. The van der Waals surface area contributed by atoms with Gasteiger partial charge < -0.3 is 20.3 Å². The maximum Gasteiger partial charge on any atom is 0.224 e. The zero-order valence-electron chi connectivity index (χ0n) is 11.0. The van der Waals surface area contributed by atoms with Crippen LogP contribution in [0.1, 0.15) is 19.3 Å². The lowest BCUT2D eigenvalue weighted by atomic mass is 9.88. The number of carbonyl (C=O) groups is 1. The molecule has 2 N–H and O–H groups in total. The largest absolute Gasteiger partial charge is 0.374 e. The topological polar surface area (TPSA) is 53.6 Å². The molecule has 3 fully saturated rings. The Hall–Kier alpha value is -0.650. The average Bonchev–Trinajstić information content (AvgIpc) is 2.98. The van der Waals surface area contributed by atoms with Gasteiger partial charge in [-0.1, -0.05) is 0 Å². The first-order chi connectivity index (χ1) is 8.72. The van der Waals surface area contributed by atoms with E-state index in [0.29, 0.717) is 18.6 Å². The van der Waals surface area contributed by atoms with Gasteiger partial charge in [-0.2, -0.15) is 0 Å². The van der Waals surface area contributed by atoms with Crippen LogP contribution in [0.25, 0.3) is 0 Å². The number of hydrogen-bond donors (Lipinski definition) is 2. The van der Waals surface area contributed by atoms with E-state index < -0.39 is 0 Å². The van der Waals surface area contributed by atoms with Gasteiger partial charge in [0.05, 0.1) is 18.6 Å². The van der Waals surface area contributed by atoms with Crippen LogP contribution in [0.15, 0.2) is 0 Å². The highest BCUT2D eigenvalue weighted by molar-refractivity contribution is 5.80.